The number of benzene rings is 4. The van der Waals surface area contributed by atoms with Crippen LogP contribution in [-0.4, -0.2) is 85.4 Å². The second-order valence-corrected chi connectivity index (χ2v) is 21.6. The molecule has 0 unspecified atom stereocenters. The number of carbonyl (C=O) groups excluding carboxylic acids is 3. The van der Waals surface area contributed by atoms with Gasteiger partial charge >= 0.3 is 0 Å². The molecule has 13 heteroatoms. The molecule has 3 N–H and O–H groups in total. The van der Waals surface area contributed by atoms with Crippen molar-refractivity contribution >= 4 is 59.0 Å². The SMILES string of the molecule is C[C@H]1[C@H]([Si](C)(C)O)[C@@H](CC(=O)N(CCO)Cc2ccccc2)O[C@]12C(=O)N(Cc1cccc(N3CN(c4ccccc4)C4(CCNCC4)C3=O)c1)c1ccc(Br)cc12. The van der Waals surface area contributed by atoms with E-state index >= 15 is 4.79 Å². The number of carbonyl (C=O) groups is 3. The molecule has 4 atom stereocenters. The maximum absolute atomic E-state index is 15.2. The number of para-hydroxylation sites is 1. The number of hydrogen-bond acceptors (Lipinski definition) is 8. The molecule has 58 heavy (non-hydrogen) atoms. The molecule has 304 valence electrons. The molecule has 8 rings (SSSR count). The Morgan fingerprint density at radius 1 is 0.914 bits per heavy atom. The van der Waals surface area contributed by atoms with E-state index in [4.69, 9.17) is 4.74 Å². The summed E-state index contributed by atoms with van der Waals surface area (Å²) in [5, 5.41) is 13.3. The van der Waals surface area contributed by atoms with Crippen LogP contribution in [0.15, 0.2) is 108 Å². The lowest BCUT2D eigenvalue weighted by Crippen LogP contribution is -2.55. The Bertz CT molecular complexity index is 2170. The predicted octanol–water partition coefficient (Wildman–Crippen LogP) is 6.14. The average Bonchev–Trinajstić information content (AvgIpc) is 3.75. The fraction of sp³-hybridized carbons (Fsp3) is 0.400. The lowest BCUT2D eigenvalue weighted by atomic mass is 9.82. The van der Waals surface area contributed by atoms with Crippen molar-refractivity contribution in [2.45, 2.75) is 75.2 Å². The summed E-state index contributed by atoms with van der Waals surface area (Å²) in [6.45, 7) is 8.12. The molecule has 0 radical (unpaired) electrons. The van der Waals surface area contributed by atoms with Gasteiger partial charge in [0.1, 0.15) is 5.54 Å². The van der Waals surface area contributed by atoms with Gasteiger partial charge in [0.2, 0.25) is 5.91 Å². The number of aliphatic hydroxyl groups is 1. The molecular weight excluding hydrogens is 815 g/mol. The van der Waals surface area contributed by atoms with Crippen molar-refractivity contribution < 1.29 is 29.0 Å². The highest BCUT2D eigenvalue weighted by atomic mass is 79.9. The maximum atomic E-state index is 15.2. The Morgan fingerprint density at radius 3 is 2.28 bits per heavy atom. The Hall–Kier alpha value is -4.37. The van der Waals surface area contributed by atoms with Crippen molar-refractivity contribution in [1.29, 1.82) is 0 Å². The van der Waals surface area contributed by atoms with Gasteiger partial charge in [-0.2, -0.15) is 0 Å². The van der Waals surface area contributed by atoms with Crippen LogP contribution in [0.1, 0.15) is 42.9 Å². The van der Waals surface area contributed by atoms with Crippen LogP contribution < -0.4 is 20.0 Å². The number of hydrogen-bond donors (Lipinski definition) is 3. The van der Waals surface area contributed by atoms with Crippen LogP contribution in [-0.2, 0) is 37.8 Å². The van der Waals surface area contributed by atoms with Crippen molar-refractivity contribution in [3.63, 3.8) is 0 Å². The predicted molar refractivity (Wildman–Crippen MR) is 231 cm³/mol. The van der Waals surface area contributed by atoms with E-state index in [2.05, 4.69) is 38.3 Å². The van der Waals surface area contributed by atoms with E-state index in [-0.39, 0.29) is 43.8 Å². The standard InChI is InChI=1S/C45H52BrN5O6Si/c1-31-41(58(2,3)56)39(27-40(53)48(23-24-52)28-32-11-6-4-7-12-32)57-45(31)37-26-34(46)17-18-38(37)49(43(45)55)29-33-13-10-16-36(25-33)50-30-51(35-14-8-5-9-15-35)44(42(50)54)19-21-47-22-20-44/h4-18,25-26,31,39,41,47,52,56H,19-24,27-30H2,1-3H3/t31-,39+,41-,45+/m0/s1. The summed E-state index contributed by atoms with van der Waals surface area (Å²) in [5.41, 5.74) is 2.46. The van der Waals surface area contributed by atoms with Gasteiger partial charge in [-0.05, 0) is 92.6 Å². The number of anilines is 3. The van der Waals surface area contributed by atoms with E-state index in [1.54, 1.807) is 9.80 Å². The third kappa shape index (κ3) is 7.09. The number of rotatable bonds is 11. The molecule has 4 aromatic carbocycles. The van der Waals surface area contributed by atoms with Crippen LogP contribution in [0.4, 0.5) is 17.1 Å². The number of fused-ring (bicyclic) bond motifs is 2. The minimum atomic E-state index is -3.05. The van der Waals surface area contributed by atoms with Gasteiger partial charge < -0.3 is 34.7 Å². The van der Waals surface area contributed by atoms with Crippen LogP contribution in [0.5, 0.6) is 0 Å². The van der Waals surface area contributed by atoms with Crippen LogP contribution in [0.3, 0.4) is 0 Å². The number of ether oxygens (including phenoxy) is 1. The first-order valence-electron chi connectivity index (χ1n) is 20.3. The molecular formula is C45H52BrN5O6Si. The Kier molecular flexibility index (Phi) is 11.1. The van der Waals surface area contributed by atoms with E-state index in [1.165, 1.54) is 0 Å². The van der Waals surface area contributed by atoms with Gasteiger partial charge in [-0.15, -0.1) is 0 Å². The topological polar surface area (TPSA) is 126 Å². The summed E-state index contributed by atoms with van der Waals surface area (Å²) in [6, 6.07) is 33.4. The summed E-state index contributed by atoms with van der Waals surface area (Å²) < 4.78 is 7.78. The van der Waals surface area contributed by atoms with Crippen molar-refractivity contribution in [3.05, 3.63) is 124 Å². The summed E-state index contributed by atoms with van der Waals surface area (Å²) in [6.07, 6.45) is 0.639. The van der Waals surface area contributed by atoms with Crippen LogP contribution in [0.2, 0.25) is 18.6 Å². The third-order valence-corrected chi connectivity index (χ3v) is 15.8. The van der Waals surface area contributed by atoms with Crippen LogP contribution in [0.25, 0.3) is 0 Å². The minimum Gasteiger partial charge on any atom is -0.432 e. The molecule has 11 nitrogen and oxygen atoms in total. The molecule has 0 bridgehead atoms. The fourth-order valence-corrected chi connectivity index (χ4v) is 13.0. The summed E-state index contributed by atoms with van der Waals surface area (Å²) in [7, 11) is -3.05. The van der Waals surface area contributed by atoms with Gasteiger partial charge in [-0.1, -0.05) is 83.5 Å². The summed E-state index contributed by atoms with van der Waals surface area (Å²) in [5.74, 6) is -0.827. The first-order valence-corrected chi connectivity index (χ1v) is 24.1. The Balaban J connectivity index is 1.09. The number of halogens is 1. The molecule has 3 saturated heterocycles. The molecule has 3 amide bonds. The highest BCUT2D eigenvalue weighted by Gasteiger charge is 2.66. The van der Waals surface area contributed by atoms with E-state index in [1.807, 2.05) is 116 Å². The average molecular weight is 867 g/mol. The molecule has 4 aliphatic rings. The van der Waals surface area contributed by atoms with Gasteiger partial charge in [0.25, 0.3) is 11.8 Å². The molecule has 3 fully saturated rings. The molecule has 4 heterocycles. The Morgan fingerprint density at radius 2 is 1.59 bits per heavy atom. The van der Waals surface area contributed by atoms with E-state index in [0.29, 0.717) is 37.3 Å². The lowest BCUT2D eigenvalue weighted by molar-refractivity contribution is -0.150. The molecule has 0 aliphatic carbocycles. The van der Waals surface area contributed by atoms with E-state index in [9.17, 15) is 19.5 Å². The zero-order chi connectivity index (χ0) is 40.8. The smallest absolute Gasteiger partial charge is 0.264 e. The number of piperidine rings is 1. The first kappa shape index (κ1) is 40.4. The van der Waals surface area contributed by atoms with E-state index in [0.717, 1.165) is 40.1 Å². The monoisotopic (exact) mass is 865 g/mol. The quantitative estimate of drug-likeness (QED) is 0.154. The molecule has 4 aromatic rings. The van der Waals surface area contributed by atoms with Crippen molar-refractivity contribution in [3.8, 4) is 0 Å². The zero-order valence-electron chi connectivity index (χ0n) is 33.3. The minimum absolute atomic E-state index is 0.0410. The second-order valence-electron chi connectivity index (χ2n) is 16.7. The van der Waals surface area contributed by atoms with Crippen molar-refractivity contribution in [1.82, 2.24) is 10.2 Å². The number of nitrogens with one attached hydrogen (secondary N) is 1. The highest BCUT2D eigenvalue weighted by Crippen LogP contribution is 2.60. The van der Waals surface area contributed by atoms with E-state index < -0.39 is 37.0 Å². The van der Waals surface area contributed by atoms with Crippen LogP contribution >= 0.6 is 15.9 Å². The van der Waals surface area contributed by atoms with Crippen molar-refractivity contribution in [2.75, 3.05) is 47.6 Å². The van der Waals surface area contributed by atoms with Gasteiger partial charge in [0, 0.05) is 46.0 Å². The van der Waals surface area contributed by atoms with Gasteiger partial charge in [0.05, 0.1) is 38.0 Å². The number of nitrogens with zero attached hydrogens (tertiary/aromatic N) is 4. The zero-order valence-corrected chi connectivity index (χ0v) is 35.9. The summed E-state index contributed by atoms with van der Waals surface area (Å²) >= 11 is 3.65. The number of aliphatic hydroxyl groups excluding tert-OH is 1. The largest absolute Gasteiger partial charge is 0.432 e. The fourth-order valence-electron chi connectivity index (χ4n) is 10.1. The van der Waals surface area contributed by atoms with Crippen molar-refractivity contribution in [2.24, 2.45) is 5.92 Å². The molecule has 4 aliphatic heterocycles. The molecule has 0 aromatic heterocycles. The molecule has 2 spiro atoms. The first-order chi connectivity index (χ1) is 27.9. The van der Waals surface area contributed by atoms with Gasteiger partial charge in [0.15, 0.2) is 13.9 Å². The molecule has 0 saturated carbocycles. The van der Waals surface area contributed by atoms with Gasteiger partial charge in [-0.25, -0.2) is 0 Å². The lowest BCUT2D eigenvalue weighted by Gasteiger charge is -2.39. The maximum Gasteiger partial charge on any atom is 0.264 e. The highest BCUT2D eigenvalue weighted by molar-refractivity contribution is 9.10. The summed E-state index contributed by atoms with van der Waals surface area (Å²) in [4.78, 5) is 63.1. The van der Waals surface area contributed by atoms with Crippen LogP contribution in [0, 0.1) is 5.92 Å². The third-order valence-electron chi connectivity index (χ3n) is 12.8. The Labute approximate surface area is 349 Å². The second kappa shape index (κ2) is 16.0. The normalized spacial score (nSPS) is 24.0. The van der Waals surface area contributed by atoms with Gasteiger partial charge in [-0.3, -0.25) is 19.3 Å². The number of amides is 3.